The number of nitrogens with zero attached hydrogens (tertiary/aromatic N) is 1. The van der Waals surface area contributed by atoms with E-state index in [0.717, 1.165) is 17.7 Å². The number of nitrogens with one attached hydrogen (secondary N) is 1. The number of amides is 2. The standard InChI is InChI=1S/C23H30N2O2S/c1-4-24-23(27)19(3)25(15-14-20-11-6-5-7-12-20)22(26)17-28-16-21-13-9-8-10-18(21)2/h5-13,19H,4,14-17H2,1-3H3,(H,24,27)/t19-/m1/s1. The number of likely N-dealkylation sites (N-methyl/N-ethyl adjacent to an activating group) is 1. The van der Waals surface area contributed by atoms with E-state index in [1.807, 2.05) is 49.4 Å². The Morgan fingerprint density at radius 3 is 2.43 bits per heavy atom. The van der Waals surface area contributed by atoms with Crippen LogP contribution in [0.25, 0.3) is 0 Å². The first-order chi connectivity index (χ1) is 13.5. The van der Waals surface area contributed by atoms with Crippen molar-refractivity contribution < 1.29 is 9.59 Å². The van der Waals surface area contributed by atoms with Crippen molar-refractivity contribution in [2.24, 2.45) is 0 Å². The van der Waals surface area contributed by atoms with Crippen LogP contribution in [0, 0.1) is 6.92 Å². The zero-order chi connectivity index (χ0) is 20.4. The molecule has 1 N–H and O–H groups in total. The Hall–Kier alpha value is -2.27. The summed E-state index contributed by atoms with van der Waals surface area (Å²) < 4.78 is 0. The van der Waals surface area contributed by atoms with Gasteiger partial charge in [-0.2, -0.15) is 0 Å². The van der Waals surface area contributed by atoms with Crippen LogP contribution < -0.4 is 5.32 Å². The number of carbonyl (C=O) groups is 2. The largest absolute Gasteiger partial charge is 0.355 e. The van der Waals surface area contributed by atoms with E-state index in [1.165, 1.54) is 11.1 Å². The average Bonchev–Trinajstić information content (AvgIpc) is 2.70. The fourth-order valence-electron chi connectivity index (χ4n) is 3.00. The summed E-state index contributed by atoms with van der Waals surface area (Å²) in [5.41, 5.74) is 3.64. The van der Waals surface area contributed by atoms with Crippen LogP contribution in [0.5, 0.6) is 0 Å². The molecule has 0 aliphatic heterocycles. The van der Waals surface area contributed by atoms with Crippen LogP contribution >= 0.6 is 11.8 Å². The molecular weight excluding hydrogens is 368 g/mol. The fourth-order valence-corrected chi connectivity index (χ4v) is 3.98. The summed E-state index contributed by atoms with van der Waals surface area (Å²) in [7, 11) is 0. The van der Waals surface area contributed by atoms with Crippen molar-refractivity contribution in [1.29, 1.82) is 0 Å². The highest BCUT2D eigenvalue weighted by Gasteiger charge is 2.25. The van der Waals surface area contributed by atoms with Crippen LogP contribution in [-0.2, 0) is 21.8 Å². The summed E-state index contributed by atoms with van der Waals surface area (Å²) in [5.74, 6) is 1.06. The molecule has 0 unspecified atom stereocenters. The van der Waals surface area contributed by atoms with E-state index in [9.17, 15) is 9.59 Å². The van der Waals surface area contributed by atoms with Crippen molar-refractivity contribution in [3.8, 4) is 0 Å². The Bertz CT molecular complexity index is 764. The highest BCUT2D eigenvalue weighted by atomic mass is 32.2. The summed E-state index contributed by atoms with van der Waals surface area (Å²) in [4.78, 5) is 27.0. The summed E-state index contributed by atoms with van der Waals surface area (Å²) in [5, 5.41) is 2.83. The van der Waals surface area contributed by atoms with E-state index < -0.39 is 6.04 Å². The molecule has 0 radical (unpaired) electrons. The van der Waals surface area contributed by atoms with Crippen LogP contribution in [0.4, 0.5) is 0 Å². The van der Waals surface area contributed by atoms with Crippen molar-refractivity contribution >= 4 is 23.6 Å². The predicted octanol–water partition coefficient (Wildman–Crippen LogP) is 3.82. The number of thioether (sulfide) groups is 1. The lowest BCUT2D eigenvalue weighted by atomic mass is 10.1. The lowest BCUT2D eigenvalue weighted by Gasteiger charge is -2.28. The minimum Gasteiger partial charge on any atom is -0.355 e. The van der Waals surface area contributed by atoms with Gasteiger partial charge in [0.25, 0.3) is 0 Å². The molecule has 5 heteroatoms. The first-order valence-electron chi connectivity index (χ1n) is 9.76. The summed E-state index contributed by atoms with van der Waals surface area (Å²) in [6, 6.07) is 17.8. The lowest BCUT2D eigenvalue weighted by Crippen LogP contribution is -2.49. The molecule has 28 heavy (non-hydrogen) atoms. The van der Waals surface area contributed by atoms with Gasteiger partial charge in [0, 0.05) is 18.8 Å². The molecule has 0 spiro atoms. The number of aryl methyl sites for hydroxylation is 1. The van der Waals surface area contributed by atoms with E-state index in [0.29, 0.717) is 18.8 Å². The first kappa shape index (κ1) is 22.0. The SMILES string of the molecule is CCNC(=O)[C@@H](C)N(CCc1ccccc1)C(=O)CSCc1ccccc1C. The second-order valence-corrected chi connectivity index (χ2v) is 7.80. The number of benzene rings is 2. The molecule has 0 aliphatic carbocycles. The molecular formula is C23H30N2O2S. The Morgan fingerprint density at radius 2 is 1.75 bits per heavy atom. The van der Waals surface area contributed by atoms with Crippen LogP contribution in [-0.4, -0.2) is 41.6 Å². The van der Waals surface area contributed by atoms with Crippen molar-refractivity contribution in [2.45, 2.75) is 39.0 Å². The third kappa shape index (κ3) is 6.71. The maximum Gasteiger partial charge on any atom is 0.242 e. The Balaban J connectivity index is 1.98. The van der Waals surface area contributed by atoms with Crippen molar-refractivity contribution in [3.05, 3.63) is 71.3 Å². The third-order valence-corrected chi connectivity index (χ3v) is 5.71. The Morgan fingerprint density at radius 1 is 1.07 bits per heavy atom. The zero-order valence-corrected chi connectivity index (χ0v) is 17.8. The van der Waals surface area contributed by atoms with Gasteiger partial charge in [-0.05, 0) is 43.9 Å². The zero-order valence-electron chi connectivity index (χ0n) is 17.0. The monoisotopic (exact) mass is 398 g/mol. The Kier molecular flexibility index (Phi) is 9.08. The van der Waals surface area contributed by atoms with Gasteiger partial charge in [0.15, 0.2) is 0 Å². The van der Waals surface area contributed by atoms with E-state index in [2.05, 4.69) is 24.4 Å². The van der Waals surface area contributed by atoms with E-state index in [1.54, 1.807) is 23.6 Å². The molecule has 2 amide bonds. The molecule has 0 heterocycles. The van der Waals surface area contributed by atoms with Gasteiger partial charge in [0.05, 0.1) is 5.75 Å². The molecule has 2 aromatic carbocycles. The Labute approximate surface area is 172 Å². The van der Waals surface area contributed by atoms with Gasteiger partial charge in [-0.3, -0.25) is 9.59 Å². The average molecular weight is 399 g/mol. The topological polar surface area (TPSA) is 49.4 Å². The highest BCUT2D eigenvalue weighted by molar-refractivity contribution is 7.99. The van der Waals surface area contributed by atoms with Crippen molar-refractivity contribution in [2.75, 3.05) is 18.8 Å². The highest BCUT2D eigenvalue weighted by Crippen LogP contribution is 2.17. The van der Waals surface area contributed by atoms with E-state index in [4.69, 9.17) is 0 Å². The van der Waals surface area contributed by atoms with Gasteiger partial charge in [-0.15, -0.1) is 11.8 Å². The van der Waals surface area contributed by atoms with Crippen LogP contribution in [0.2, 0.25) is 0 Å². The lowest BCUT2D eigenvalue weighted by molar-refractivity contribution is -0.137. The summed E-state index contributed by atoms with van der Waals surface area (Å²) in [6.07, 6.45) is 0.735. The molecule has 0 aliphatic rings. The molecule has 0 saturated carbocycles. The van der Waals surface area contributed by atoms with Crippen LogP contribution in [0.15, 0.2) is 54.6 Å². The maximum atomic E-state index is 12.9. The maximum absolute atomic E-state index is 12.9. The van der Waals surface area contributed by atoms with Crippen molar-refractivity contribution in [1.82, 2.24) is 10.2 Å². The normalized spacial score (nSPS) is 11.7. The first-order valence-corrected chi connectivity index (χ1v) is 10.9. The van der Waals surface area contributed by atoms with Gasteiger partial charge in [-0.1, -0.05) is 54.6 Å². The summed E-state index contributed by atoms with van der Waals surface area (Å²) in [6.45, 7) is 6.87. The van der Waals surface area contributed by atoms with Gasteiger partial charge < -0.3 is 10.2 Å². The molecule has 2 aromatic rings. The fraction of sp³-hybridized carbons (Fsp3) is 0.391. The number of carbonyl (C=O) groups excluding carboxylic acids is 2. The molecule has 0 bridgehead atoms. The number of hydrogen-bond acceptors (Lipinski definition) is 3. The van der Waals surface area contributed by atoms with E-state index in [-0.39, 0.29) is 11.8 Å². The van der Waals surface area contributed by atoms with Crippen LogP contribution in [0.3, 0.4) is 0 Å². The molecule has 4 nitrogen and oxygen atoms in total. The number of rotatable bonds is 10. The van der Waals surface area contributed by atoms with Gasteiger partial charge in [0.2, 0.25) is 11.8 Å². The predicted molar refractivity (Wildman–Crippen MR) is 117 cm³/mol. The number of hydrogen-bond donors (Lipinski definition) is 1. The third-order valence-electron chi connectivity index (χ3n) is 4.75. The van der Waals surface area contributed by atoms with Crippen molar-refractivity contribution in [3.63, 3.8) is 0 Å². The molecule has 2 rings (SSSR count). The molecule has 1 atom stereocenters. The van der Waals surface area contributed by atoms with Gasteiger partial charge >= 0.3 is 0 Å². The smallest absolute Gasteiger partial charge is 0.242 e. The summed E-state index contributed by atoms with van der Waals surface area (Å²) >= 11 is 1.60. The minimum absolute atomic E-state index is 0.00766. The second kappa shape index (κ2) is 11.5. The van der Waals surface area contributed by atoms with Gasteiger partial charge in [0.1, 0.15) is 6.04 Å². The molecule has 0 saturated heterocycles. The molecule has 0 aromatic heterocycles. The molecule has 150 valence electrons. The quantitative estimate of drug-likeness (QED) is 0.662. The van der Waals surface area contributed by atoms with Crippen LogP contribution in [0.1, 0.15) is 30.5 Å². The van der Waals surface area contributed by atoms with E-state index >= 15 is 0 Å². The molecule has 0 fully saturated rings. The van der Waals surface area contributed by atoms with Gasteiger partial charge in [-0.25, -0.2) is 0 Å². The minimum atomic E-state index is -0.477. The second-order valence-electron chi connectivity index (χ2n) is 6.81.